The van der Waals surface area contributed by atoms with Gasteiger partial charge in [-0.15, -0.1) is 11.3 Å². The van der Waals surface area contributed by atoms with E-state index >= 15 is 0 Å². The molecule has 0 saturated carbocycles. The first-order valence-electron chi connectivity index (χ1n) is 8.57. The molecule has 3 rings (SSSR count). The zero-order valence-corrected chi connectivity index (χ0v) is 15.0. The summed E-state index contributed by atoms with van der Waals surface area (Å²) in [7, 11) is 2.17. The van der Waals surface area contributed by atoms with Crippen LogP contribution in [0.4, 0.5) is 0 Å². The highest BCUT2D eigenvalue weighted by molar-refractivity contribution is 7.09. The molecule has 0 aromatic carbocycles. The number of ether oxygens (including phenoxy) is 1. The van der Waals surface area contributed by atoms with Crippen LogP contribution < -0.4 is 0 Å². The topological polar surface area (TPSA) is 45.7 Å². The summed E-state index contributed by atoms with van der Waals surface area (Å²) in [6, 6.07) is 0. The van der Waals surface area contributed by atoms with Crippen molar-refractivity contribution >= 4 is 17.2 Å². The number of amides is 1. The quantitative estimate of drug-likeness (QED) is 0.826. The van der Waals surface area contributed by atoms with E-state index in [1.807, 2.05) is 5.51 Å². The van der Waals surface area contributed by atoms with Crippen molar-refractivity contribution in [2.45, 2.75) is 32.7 Å². The molecule has 0 unspecified atom stereocenters. The fourth-order valence-corrected chi connectivity index (χ4v) is 4.46. The van der Waals surface area contributed by atoms with Crippen LogP contribution >= 0.6 is 11.3 Å². The number of aromatic nitrogens is 1. The first-order valence-corrected chi connectivity index (χ1v) is 9.45. The SMILES string of the molecule is Cc1ncsc1CN(C)C[C@H]1CCN(C(=O)[C@@H]2CCCOC2)C1. The van der Waals surface area contributed by atoms with Crippen LogP contribution in [-0.4, -0.2) is 60.6 Å². The molecule has 2 aliphatic heterocycles. The van der Waals surface area contributed by atoms with Gasteiger partial charge in [-0.05, 0) is 39.2 Å². The van der Waals surface area contributed by atoms with Crippen LogP contribution in [0.25, 0.3) is 0 Å². The van der Waals surface area contributed by atoms with E-state index in [0.717, 1.165) is 57.7 Å². The van der Waals surface area contributed by atoms with Gasteiger partial charge in [0.25, 0.3) is 0 Å². The lowest BCUT2D eigenvalue weighted by Crippen LogP contribution is -2.38. The number of carbonyl (C=O) groups excluding carboxylic acids is 1. The van der Waals surface area contributed by atoms with Crippen LogP contribution in [0.2, 0.25) is 0 Å². The van der Waals surface area contributed by atoms with Gasteiger partial charge in [0.2, 0.25) is 5.91 Å². The molecule has 2 saturated heterocycles. The Balaban J connectivity index is 1.45. The van der Waals surface area contributed by atoms with Crippen molar-refractivity contribution in [3.8, 4) is 0 Å². The van der Waals surface area contributed by atoms with E-state index in [2.05, 4.69) is 28.8 Å². The van der Waals surface area contributed by atoms with Gasteiger partial charge in [0.05, 0.1) is 23.7 Å². The lowest BCUT2D eigenvalue weighted by Gasteiger charge is -2.27. The van der Waals surface area contributed by atoms with Crippen LogP contribution in [0.5, 0.6) is 0 Å². The third-order valence-corrected chi connectivity index (χ3v) is 5.86. The molecule has 3 heterocycles. The largest absolute Gasteiger partial charge is 0.381 e. The standard InChI is InChI=1S/C17H27N3O2S/c1-13-16(23-12-18-13)10-19(2)8-14-5-6-20(9-14)17(21)15-4-3-7-22-11-15/h12,14-15H,3-11H2,1-2H3/t14-,15-/m1/s1. The first kappa shape index (κ1) is 16.9. The minimum atomic E-state index is 0.0973. The van der Waals surface area contributed by atoms with Gasteiger partial charge in [0, 0.05) is 37.7 Å². The van der Waals surface area contributed by atoms with Crippen molar-refractivity contribution in [1.29, 1.82) is 0 Å². The average molecular weight is 337 g/mol. The molecule has 1 aromatic rings. The molecule has 0 radical (unpaired) electrons. The highest BCUT2D eigenvalue weighted by Gasteiger charge is 2.32. The van der Waals surface area contributed by atoms with Gasteiger partial charge >= 0.3 is 0 Å². The number of rotatable bonds is 5. The van der Waals surface area contributed by atoms with E-state index < -0.39 is 0 Å². The lowest BCUT2D eigenvalue weighted by atomic mass is 10.0. The second-order valence-corrected chi connectivity index (χ2v) is 7.85. The maximum Gasteiger partial charge on any atom is 0.228 e. The molecule has 1 aromatic heterocycles. The molecule has 0 N–H and O–H groups in total. The van der Waals surface area contributed by atoms with Crippen LogP contribution in [0.15, 0.2) is 5.51 Å². The maximum absolute atomic E-state index is 12.6. The molecule has 6 heteroatoms. The molecule has 2 fully saturated rings. The zero-order chi connectivity index (χ0) is 16.2. The van der Waals surface area contributed by atoms with Crippen LogP contribution in [-0.2, 0) is 16.1 Å². The number of carbonyl (C=O) groups is 1. The number of nitrogens with zero attached hydrogens (tertiary/aromatic N) is 3. The second-order valence-electron chi connectivity index (χ2n) is 6.91. The number of aryl methyl sites for hydroxylation is 1. The molecule has 0 bridgehead atoms. The summed E-state index contributed by atoms with van der Waals surface area (Å²) in [4.78, 5) is 22.6. The van der Waals surface area contributed by atoms with E-state index in [9.17, 15) is 4.79 Å². The maximum atomic E-state index is 12.6. The van der Waals surface area contributed by atoms with E-state index in [1.54, 1.807) is 11.3 Å². The summed E-state index contributed by atoms with van der Waals surface area (Å²) in [5, 5.41) is 0. The highest BCUT2D eigenvalue weighted by atomic mass is 32.1. The van der Waals surface area contributed by atoms with Crippen molar-refractivity contribution in [2.24, 2.45) is 11.8 Å². The van der Waals surface area contributed by atoms with Gasteiger partial charge in [-0.1, -0.05) is 0 Å². The van der Waals surface area contributed by atoms with Crippen molar-refractivity contribution in [3.63, 3.8) is 0 Å². The minimum absolute atomic E-state index is 0.0973. The fourth-order valence-electron chi connectivity index (χ4n) is 3.60. The number of hydrogen-bond acceptors (Lipinski definition) is 5. The third kappa shape index (κ3) is 4.31. The van der Waals surface area contributed by atoms with Gasteiger partial charge in [0.1, 0.15) is 0 Å². The van der Waals surface area contributed by atoms with Crippen molar-refractivity contribution < 1.29 is 9.53 Å². The van der Waals surface area contributed by atoms with Crippen LogP contribution in [0, 0.1) is 18.8 Å². The third-order valence-electron chi connectivity index (χ3n) is 4.94. The molecule has 0 spiro atoms. The summed E-state index contributed by atoms with van der Waals surface area (Å²) in [5.41, 5.74) is 3.06. The predicted octanol–water partition coefficient (Wildman–Crippen LogP) is 2.16. The van der Waals surface area contributed by atoms with Crippen molar-refractivity contribution in [2.75, 3.05) is 39.9 Å². The molecule has 23 heavy (non-hydrogen) atoms. The summed E-state index contributed by atoms with van der Waals surface area (Å²) in [6.07, 6.45) is 3.13. The Morgan fingerprint density at radius 3 is 3.09 bits per heavy atom. The molecule has 1 amide bonds. The Hall–Kier alpha value is -0.980. The van der Waals surface area contributed by atoms with Gasteiger partial charge in [0.15, 0.2) is 0 Å². The van der Waals surface area contributed by atoms with Crippen LogP contribution in [0.1, 0.15) is 29.8 Å². The van der Waals surface area contributed by atoms with Gasteiger partial charge in [-0.3, -0.25) is 4.79 Å². The van der Waals surface area contributed by atoms with Gasteiger partial charge in [-0.2, -0.15) is 0 Å². The molecule has 5 nitrogen and oxygen atoms in total. The van der Waals surface area contributed by atoms with E-state index in [4.69, 9.17) is 4.74 Å². The monoisotopic (exact) mass is 337 g/mol. The normalized spacial score (nSPS) is 25.3. The Morgan fingerprint density at radius 1 is 1.52 bits per heavy atom. The second kappa shape index (κ2) is 7.73. The number of thiazole rings is 1. The average Bonchev–Trinajstić information content (AvgIpc) is 3.17. The van der Waals surface area contributed by atoms with E-state index in [1.165, 1.54) is 4.88 Å². The number of likely N-dealkylation sites (tertiary alicyclic amines) is 1. The Bertz CT molecular complexity index is 528. The molecule has 0 aliphatic carbocycles. The van der Waals surface area contributed by atoms with E-state index in [-0.39, 0.29) is 5.92 Å². The van der Waals surface area contributed by atoms with Crippen molar-refractivity contribution in [3.05, 3.63) is 16.1 Å². The zero-order valence-electron chi connectivity index (χ0n) is 14.2. The first-order chi connectivity index (χ1) is 11.1. The molecule has 128 valence electrons. The lowest BCUT2D eigenvalue weighted by molar-refractivity contribution is -0.138. The van der Waals surface area contributed by atoms with Gasteiger partial charge in [-0.25, -0.2) is 4.98 Å². The summed E-state index contributed by atoms with van der Waals surface area (Å²) < 4.78 is 5.46. The smallest absolute Gasteiger partial charge is 0.228 e. The summed E-state index contributed by atoms with van der Waals surface area (Å²) in [6.45, 7) is 7.31. The molecule has 2 atom stereocenters. The molecular formula is C17H27N3O2S. The molecule has 2 aliphatic rings. The van der Waals surface area contributed by atoms with E-state index in [0.29, 0.717) is 18.4 Å². The highest BCUT2D eigenvalue weighted by Crippen LogP contribution is 2.23. The molecular weight excluding hydrogens is 310 g/mol. The summed E-state index contributed by atoms with van der Waals surface area (Å²) >= 11 is 1.73. The fraction of sp³-hybridized carbons (Fsp3) is 0.765. The minimum Gasteiger partial charge on any atom is -0.381 e. The van der Waals surface area contributed by atoms with Gasteiger partial charge < -0.3 is 14.5 Å². The Kier molecular flexibility index (Phi) is 5.67. The Morgan fingerprint density at radius 2 is 2.39 bits per heavy atom. The summed E-state index contributed by atoms with van der Waals surface area (Å²) in [5.74, 6) is 0.995. The predicted molar refractivity (Wildman–Crippen MR) is 91.4 cm³/mol. The van der Waals surface area contributed by atoms with Crippen LogP contribution in [0.3, 0.4) is 0 Å². The van der Waals surface area contributed by atoms with Crippen molar-refractivity contribution in [1.82, 2.24) is 14.8 Å². The Labute approximate surface area is 142 Å². The number of hydrogen-bond donors (Lipinski definition) is 0.